The lowest BCUT2D eigenvalue weighted by molar-refractivity contribution is -0.136. The van der Waals surface area contributed by atoms with E-state index >= 15 is 0 Å². The van der Waals surface area contributed by atoms with Gasteiger partial charge in [0.25, 0.3) is 0 Å². The second kappa shape index (κ2) is 8.32. The third kappa shape index (κ3) is 3.76. The number of amides is 1. The molecular formula is C26H34N2O2. The van der Waals surface area contributed by atoms with E-state index in [0.29, 0.717) is 18.5 Å². The Balaban J connectivity index is 1.35. The summed E-state index contributed by atoms with van der Waals surface area (Å²) in [5, 5.41) is 2.40. The lowest BCUT2D eigenvalue weighted by Gasteiger charge is -2.48. The van der Waals surface area contributed by atoms with Crippen molar-refractivity contribution >= 4 is 16.7 Å². The molecule has 4 nitrogen and oxygen atoms in total. The van der Waals surface area contributed by atoms with Gasteiger partial charge in [-0.05, 0) is 74.4 Å². The molecular weight excluding hydrogens is 372 g/mol. The van der Waals surface area contributed by atoms with Crippen LogP contribution in [0.25, 0.3) is 10.8 Å². The number of hydrogen-bond donors (Lipinski definition) is 0. The summed E-state index contributed by atoms with van der Waals surface area (Å²) in [6.45, 7) is 3.25. The standard InChI is InChI=1S/C26H34N2O2/c1-27(25(29)18-21-10-6-9-20-8-2-3-11-22(20)21)23-12-14-26(13-7-17-30-26)19-24(23)28-15-4-5-16-28/h2-3,6,8-11,23-24H,4-5,7,12-19H2,1H3/t23-,24-,26?/m0/s1. The number of hydrogen-bond acceptors (Lipinski definition) is 3. The maximum absolute atomic E-state index is 13.4. The molecule has 1 aliphatic carbocycles. The van der Waals surface area contributed by atoms with Crippen LogP contribution in [-0.4, -0.2) is 60.1 Å². The van der Waals surface area contributed by atoms with Crippen molar-refractivity contribution in [2.45, 2.75) is 69.1 Å². The molecule has 0 N–H and O–H groups in total. The van der Waals surface area contributed by atoms with Crippen LogP contribution in [0.5, 0.6) is 0 Å². The van der Waals surface area contributed by atoms with Gasteiger partial charge in [0.05, 0.1) is 12.0 Å². The van der Waals surface area contributed by atoms with Crippen LogP contribution in [-0.2, 0) is 16.0 Å². The minimum Gasteiger partial charge on any atom is -0.375 e. The lowest BCUT2D eigenvalue weighted by atomic mass is 9.76. The van der Waals surface area contributed by atoms with Crippen LogP contribution in [0.2, 0.25) is 0 Å². The maximum Gasteiger partial charge on any atom is 0.227 e. The van der Waals surface area contributed by atoms with Gasteiger partial charge in [0.15, 0.2) is 0 Å². The first kappa shape index (κ1) is 20.0. The summed E-state index contributed by atoms with van der Waals surface area (Å²) in [5.41, 5.74) is 1.21. The molecule has 3 aliphatic rings. The molecule has 1 amide bonds. The van der Waals surface area contributed by atoms with Crippen LogP contribution in [0, 0.1) is 0 Å². The van der Waals surface area contributed by atoms with Crippen LogP contribution in [0.4, 0.5) is 0 Å². The molecule has 2 saturated heterocycles. The van der Waals surface area contributed by atoms with Crippen LogP contribution in [0.15, 0.2) is 42.5 Å². The first-order valence-corrected chi connectivity index (χ1v) is 11.8. The minimum absolute atomic E-state index is 0.0727. The Kier molecular flexibility index (Phi) is 5.55. The first-order valence-electron chi connectivity index (χ1n) is 11.8. The van der Waals surface area contributed by atoms with Gasteiger partial charge in [-0.25, -0.2) is 0 Å². The number of ether oxygens (including phenoxy) is 1. The number of carbonyl (C=O) groups excluding carboxylic acids is 1. The molecule has 160 valence electrons. The molecule has 5 rings (SSSR count). The fourth-order valence-corrected chi connectivity index (χ4v) is 6.15. The third-order valence-electron chi connectivity index (χ3n) is 7.83. The molecule has 3 atom stereocenters. The van der Waals surface area contributed by atoms with Gasteiger partial charge < -0.3 is 9.64 Å². The highest BCUT2D eigenvalue weighted by molar-refractivity contribution is 5.90. The SMILES string of the molecule is CN(C(=O)Cc1cccc2ccccc12)[C@H]1CCC2(CCCO2)C[C@@H]1N1CCCC1. The van der Waals surface area contributed by atoms with E-state index in [1.54, 1.807) is 0 Å². The summed E-state index contributed by atoms with van der Waals surface area (Å²) in [6.07, 6.45) is 8.65. The van der Waals surface area contributed by atoms with E-state index in [1.807, 2.05) is 7.05 Å². The summed E-state index contributed by atoms with van der Waals surface area (Å²) >= 11 is 0. The number of benzene rings is 2. The Morgan fingerprint density at radius 1 is 1.10 bits per heavy atom. The van der Waals surface area contributed by atoms with Gasteiger partial charge in [0.2, 0.25) is 5.91 Å². The van der Waals surface area contributed by atoms with Crippen molar-refractivity contribution < 1.29 is 9.53 Å². The van der Waals surface area contributed by atoms with Gasteiger partial charge >= 0.3 is 0 Å². The molecule has 2 aromatic rings. The number of likely N-dealkylation sites (tertiary alicyclic amines) is 1. The van der Waals surface area contributed by atoms with E-state index in [4.69, 9.17) is 4.74 Å². The van der Waals surface area contributed by atoms with E-state index in [2.05, 4.69) is 52.3 Å². The topological polar surface area (TPSA) is 32.8 Å². The summed E-state index contributed by atoms with van der Waals surface area (Å²) < 4.78 is 6.27. The number of rotatable bonds is 4. The van der Waals surface area contributed by atoms with Crippen molar-refractivity contribution in [1.82, 2.24) is 9.80 Å². The van der Waals surface area contributed by atoms with Gasteiger partial charge in [-0.3, -0.25) is 9.69 Å². The average molecular weight is 407 g/mol. The van der Waals surface area contributed by atoms with Crippen molar-refractivity contribution in [3.8, 4) is 0 Å². The molecule has 3 fully saturated rings. The van der Waals surface area contributed by atoms with Gasteiger partial charge in [0, 0.05) is 25.7 Å². The number of fused-ring (bicyclic) bond motifs is 1. The lowest BCUT2D eigenvalue weighted by Crippen LogP contribution is -2.58. The average Bonchev–Trinajstić information content (AvgIpc) is 3.46. The molecule has 0 bridgehead atoms. The van der Waals surface area contributed by atoms with E-state index < -0.39 is 0 Å². The van der Waals surface area contributed by atoms with Crippen molar-refractivity contribution in [2.75, 3.05) is 26.7 Å². The second-order valence-electron chi connectivity index (χ2n) is 9.58. The maximum atomic E-state index is 13.4. The zero-order chi connectivity index (χ0) is 20.6. The molecule has 4 heteroatoms. The molecule has 1 saturated carbocycles. The van der Waals surface area contributed by atoms with Crippen LogP contribution in [0.3, 0.4) is 0 Å². The van der Waals surface area contributed by atoms with Gasteiger partial charge in [0.1, 0.15) is 0 Å². The molecule has 1 spiro atoms. The van der Waals surface area contributed by atoms with E-state index in [1.165, 1.54) is 49.5 Å². The fourth-order valence-electron chi connectivity index (χ4n) is 6.15. The summed E-state index contributed by atoms with van der Waals surface area (Å²) in [5.74, 6) is 0.240. The molecule has 0 radical (unpaired) electrons. The molecule has 2 heterocycles. The number of carbonyl (C=O) groups is 1. The summed E-state index contributed by atoms with van der Waals surface area (Å²) in [4.78, 5) is 18.1. The third-order valence-corrected chi connectivity index (χ3v) is 7.83. The minimum atomic E-state index is 0.0727. The van der Waals surface area contributed by atoms with Gasteiger partial charge in [-0.2, -0.15) is 0 Å². The van der Waals surface area contributed by atoms with Crippen molar-refractivity contribution in [3.05, 3.63) is 48.0 Å². The van der Waals surface area contributed by atoms with E-state index in [-0.39, 0.29) is 11.5 Å². The highest BCUT2D eigenvalue weighted by atomic mass is 16.5. The predicted octanol–water partition coefficient (Wildman–Crippen LogP) is 4.41. The fraction of sp³-hybridized carbons (Fsp3) is 0.577. The molecule has 1 unspecified atom stereocenters. The Morgan fingerprint density at radius 3 is 2.70 bits per heavy atom. The van der Waals surface area contributed by atoms with E-state index in [0.717, 1.165) is 31.4 Å². The Bertz CT molecular complexity index is 894. The van der Waals surface area contributed by atoms with Crippen molar-refractivity contribution in [1.29, 1.82) is 0 Å². The highest BCUT2D eigenvalue weighted by Gasteiger charge is 2.47. The molecule has 30 heavy (non-hydrogen) atoms. The first-order chi connectivity index (χ1) is 14.7. The van der Waals surface area contributed by atoms with Crippen LogP contribution >= 0.6 is 0 Å². The molecule has 2 aliphatic heterocycles. The van der Waals surface area contributed by atoms with Gasteiger partial charge in [-0.1, -0.05) is 42.5 Å². The number of likely N-dealkylation sites (N-methyl/N-ethyl adjacent to an activating group) is 1. The number of nitrogens with zero attached hydrogens (tertiary/aromatic N) is 2. The Labute approximate surface area is 180 Å². The zero-order valence-corrected chi connectivity index (χ0v) is 18.2. The largest absolute Gasteiger partial charge is 0.375 e. The molecule has 2 aromatic carbocycles. The van der Waals surface area contributed by atoms with Gasteiger partial charge in [-0.15, -0.1) is 0 Å². The summed E-state index contributed by atoms with van der Waals surface area (Å²) in [6, 6.07) is 15.4. The molecule has 0 aromatic heterocycles. The van der Waals surface area contributed by atoms with Crippen molar-refractivity contribution in [3.63, 3.8) is 0 Å². The van der Waals surface area contributed by atoms with E-state index in [9.17, 15) is 4.79 Å². The quantitative estimate of drug-likeness (QED) is 0.754. The Morgan fingerprint density at radius 2 is 1.90 bits per heavy atom. The van der Waals surface area contributed by atoms with Crippen molar-refractivity contribution in [2.24, 2.45) is 0 Å². The summed E-state index contributed by atoms with van der Waals surface area (Å²) in [7, 11) is 2.04. The van der Waals surface area contributed by atoms with Crippen LogP contribution < -0.4 is 0 Å². The Hall–Kier alpha value is -1.91. The normalized spacial score (nSPS) is 29.6. The van der Waals surface area contributed by atoms with Crippen LogP contribution in [0.1, 0.15) is 50.5 Å². The predicted molar refractivity (Wildman–Crippen MR) is 121 cm³/mol. The second-order valence-corrected chi connectivity index (χ2v) is 9.58. The zero-order valence-electron chi connectivity index (χ0n) is 18.2. The highest BCUT2D eigenvalue weighted by Crippen LogP contribution is 2.43. The smallest absolute Gasteiger partial charge is 0.227 e. The monoisotopic (exact) mass is 406 g/mol.